The molecule has 7 nitrogen and oxygen atoms in total. The molecule has 8 heteroatoms. The predicted molar refractivity (Wildman–Crippen MR) is 127 cm³/mol. The van der Waals surface area contributed by atoms with E-state index in [2.05, 4.69) is 21.5 Å². The van der Waals surface area contributed by atoms with Crippen molar-refractivity contribution < 1.29 is 14.4 Å². The van der Waals surface area contributed by atoms with Crippen LogP contribution in [0.4, 0.5) is 5.69 Å². The predicted octanol–water partition coefficient (Wildman–Crippen LogP) is 3.51. The van der Waals surface area contributed by atoms with Crippen LogP contribution in [0.2, 0.25) is 0 Å². The fourth-order valence-corrected chi connectivity index (χ4v) is 3.09. The van der Waals surface area contributed by atoms with Gasteiger partial charge in [0.05, 0.1) is 0 Å². The summed E-state index contributed by atoms with van der Waals surface area (Å²) in [6.45, 7) is 3.68. The molecule has 0 aliphatic rings. The molecule has 0 unspecified atom stereocenters. The maximum atomic E-state index is 12.4. The molecule has 0 aromatic heterocycles. The largest absolute Gasteiger partial charge is 0.322 e. The van der Waals surface area contributed by atoms with E-state index in [4.69, 9.17) is 12.2 Å². The third-order valence-corrected chi connectivity index (χ3v) is 4.91. The number of hydrazine groups is 1. The maximum Gasteiger partial charge on any atom is 0.269 e. The summed E-state index contributed by atoms with van der Waals surface area (Å²) in [6, 6.07) is 20.8. The van der Waals surface area contributed by atoms with Crippen molar-refractivity contribution in [3.05, 3.63) is 101 Å². The Morgan fingerprint density at radius 1 is 0.656 bits per heavy atom. The van der Waals surface area contributed by atoms with E-state index in [1.165, 1.54) is 0 Å². The summed E-state index contributed by atoms with van der Waals surface area (Å²) >= 11 is 5.06. The van der Waals surface area contributed by atoms with Gasteiger partial charge in [0, 0.05) is 22.4 Å². The fraction of sp³-hybridized carbons (Fsp3) is 0.0833. The van der Waals surface area contributed by atoms with Crippen LogP contribution in [-0.2, 0) is 0 Å². The highest BCUT2D eigenvalue weighted by molar-refractivity contribution is 7.80. The van der Waals surface area contributed by atoms with Crippen molar-refractivity contribution in [3.8, 4) is 0 Å². The van der Waals surface area contributed by atoms with Gasteiger partial charge in [0.2, 0.25) is 0 Å². The summed E-state index contributed by atoms with van der Waals surface area (Å²) in [5.74, 6) is -1.05. The quantitative estimate of drug-likeness (QED) is 0.363. The summed E-state index contributed by atoms with van der Waals surface area (Å²) in [5.41, 5.74) is 8.60. The third-order valence-electron chi connectivity index (χ3n) is 4.70. The number of aryl methyl sites for hydroxylation is 2. The van der Waals surface area contributed by atoms with Gasteiger partial charge in [-0.15, -0.1) is 0 Å². The highest BCUT2D eigenvalue weighted by Gasteiger charge is 2.12. The van der Waals surface area contributed by atoms with Crippen LogP contribution in [0.5, 0.6) is 0 Å². The van der Waals surface area contributed by atoms with Crippen LogP contribution in [-0.4, -0.2) is 22.8 Å². The van der Waals surface area contributed by atoms with E-state index in [1.54, 1.807) is 48.5 Å². The van der Waals surface area contributed by atoms with Gasteiger partial charge in [-0.2, -0.15) is 0 Å². The van der Waals surface area contributed by atoms with Crippen molar-refractivity contribution >= 4 is 40.7 Å². The summed E-state index contributed by atoms with van der Waals surface area (Å²) in [5, 5.41) is 5.28. The number of carbonyl (C=O) groups is 3. The summed E-state index contributed by atoms with van der Waals surface area (Å²) in [7, 11) is 0. The summed E-state index contributed by atoms with van der Waals surface area (Å²) in [6.07, 6.45) is 0. The van der Waals surface area contributed by atoms with Crippen LogP contribution in [0.15, 0.2) is 72.8 Å². The van der Waals surface area contributed by atoms with Gasteiger partial charge in [-0.1, -0.05) is 36.4 Å². The van der Waals surface area contributed by atoms with Gasteiger partial charge < -0.3 is 5.32 Å². The number of amides is 3. The van der Waals surface area contributed by atoms with Crippen LogP contribution < -0.4 is 21.5 Å². The molecule has 3 aromatic rings. The lowest BCUT2D eigenvalue weighted by Gasteiger charge is -2.12. The molecule has 0 saturated heterocycles. The van der Waals surface area contributed by atoms with Crippen molar-refractivity contribution in [3.63, 3.8) is 0 Å². The van der Waals surface area contributed by atoms with Gasteiger partial charge in [-0.3, -0.25) is 30.6 Å². The van der Waals surface area contributed by atoms with Gasteiger partial charge in [-0.05, 0) is 73.6 Å². The van der Waals surface area contributed by atoms with E-state index < -0.39 is 5.91 Å². The normalized spacial score (nSPS) is 10.1. The van der Waals surface area contributed by atoms with Crippen molar-refractivity contribution in [1.82, 2.24) is 16.2 Å². The Balaban J connectivity index is 1.52. The number of nitrogens with one attached hydrogen (secondary N) is 4. The molecule has 3 aromatic carbocycles. The first-order valence-electron chi connectivity index (χ1n) is 9.79. The molecule has 3 rings (SSSR count). The first kappa shape index (κ1) is 22.6. The van der Waals surface area contributed by atoms with Crippen molar-refractivity contribution in [2.24, 2.45) is 0 Å². The Hall–Kier alpha value is -4.04. The number of hydrogen-bond donors (Lipinski definition) is 4. The molecule has 0 bridgehead atoms. The van der Waals surface area contributed by atoms with Crippen LogP contribution in [0.3, 0.4) is 0 Å². The number of rotatable bonds is 4. The van der Waals surface area contributed by atoms with E-state index in [1.807, 2.05) is 38.1 Å². The third kappa shape index (κ3) is 5.77. The molecule has 0 saturated carbocycles. The number of anilines is 1. The number of carbonyl (C=O) groups excluding carboxylic acids is 3. The van der Waals surface area contributed by atoms with Crippen LogP contribution in [0, 0.1) is 13.8 Å². The minimum absolute atomic E-state index is 0.0336. The van der Waals surface area contributed by atoms with Crippen molar-refractivity contribution in [2.45, 2.75) is 13.8 Å². The Bertz CT molecular complexity index is 1180. The second-order valence-electron chi connectivity index (χ2n) is 7.02. The lowest BCUT2D eigenvalue weighted by atomic mass is 10.1. The van der Waals surface area contributed by atoms with Gasteiger partial charge in [0.15, 0.2) is 5.11 Å². The Morgan fingerprint density at radius 2 is 1.19 bits per heavy atom. The maximum absolute atomic E-state index is 12.4. The zero-order chi connectivity index (χ0) is 23.1. The monoisotopic (exact) mass is 446 g/mol. The molecular weight excluding hydrogens is 424 g/mol. The molecule has 0 spiro atoms. The molecule has 0 heterocycles. The molecule has 0 aliphatic heterocycles. The zero-order valence-corrected chi connectivity index (χ0v) is 18.4. The standard InChI is InChI=1S/C24H22N4O3S/c1-15-7-3-5-9-19(15)22(30)25-18-13-11-17(12-14-18)21(29)27-28-24(32)26-23(31)20-10-6-4-8-16(20)2/h3-14H,1-2H3,(H,25,30)(H,27,29)(H2,26,28,31,32). The van der Waals surface area contributed by atoms with Crippen LogP contribution >= 0.6 is 12.2 Å². The average molecular weight is 447 g/mol. The molecule has 0 aliphatic carbocycles. The van der Waals surface area contributed by atoms with Gasteiger partial charge in [-0.25, -0.2) is 0 Å². The molecule has 3 amide bonds. The molecular formula is C24H22N4O3S. The lowest BCUT2D eigenvalue weighted by molar-refractivity contribution is 0.0934. The Kier molecular flexibility index (Phi) is 7.30. The number of benzene rings is 3. The van der Waals surface area contributed by atoms with E-state index in [9.17, 15) is 14.4 Å². The highest BCUT2D eigenvalue weighted by atomic mass is 32.1. The summed E-state index contributed by atoms with van der Waals surface area (Å²) < 4.78 is 0. The Labute approximate surface area is 191 Å². The smallest absolute Gasteiger partial charge is 0.269 e. The van der Waals surface area contributed by atoms with E-state index in [-0.39, 0.29) is 16.9 Å². The van der Waals surface area contributed by atoms with Gasteiger partial charge in [0.1, 0.15) is 0 Å². The van der Waals surface area contributed by atoms with Gasteiger partial charge >= 0.3 is 0 Å². The van der Waals surface area contributed by atoms with Crippen LogP contribution in [0.25, 0.3) is 0 Å². The average Bonchev–Trinajstić information content (AvgIpc) is 2.78. The minimum Gasteiger partial charge on any atom is -0.322 e. The van der Waals surface area contributed by atoms with Crippen molar-refractivity contribution in [2.75, 3.05) is 5.32 Å². The molecule has 32 heavy (non-hydrogen) atoms. The lowest BCUT2D eigenvalue weighted by Crippen LogP contribution is -2.48. The van der Waals surface area contributed by atoms with E-state index in [0.717, 1.165) is 11.1 Å². The first-order chi connectivity index (χ1) is 15.3. The zero-order valence-electron chi connectivity index (χ0n) is 17.6. The topological polar surface area (TPSA) is 99.3 Å². The molecule has 0 fully saturated rings. The molecule has 0 atom stereocenters. The SMILES string of the molecule is Cc1ccccc1C(=O)NC(=S)NNC(=O)c1ccc(NC(=O)c2ccccc2C)cc1. The molecule has 0 radical (unpaired) electrons. The summed E-state index contributed by atoms with van der Waals surface area (Å²) in [4.78, 5) is 37.0. The second kappa shape index (κ2) is 10.3. The number of hydrogen-bond acceptors (Lipinski definition) is 4. The van der Waals surface area contributed by atoms with E-state index >= 15 is 0 Å². The highest BCUT2D eigenvalue weighted by Crippen LogP contribution is 2.13. The number of thiocarbonyl (C=S) groups is 1. The van der Waals surface area contributed by atoms with Gasteiger partial charge in [0.25, 0.3) is 17.7 Å². The Morgan fingerprint density at radius 3 is 1.75 bits per heavy atom. The minimum atomic E-state index is -0.450. The second-order valence-corrected chi connectivity index (χ2v) is 7.43. The van der Waals surface area contributed by atoms with Crippen LogP contribution in [0.1, 0.15) is 42.2 Å². The van der Waals surface area contributed by atoms with E-state index in [0.29, 0.717) is 22.4 Å². The van der Waals surface area contributed by atoms with Crippen molar-refractivity contribution in [1.29, 1.82) is 0 Å². The fourth-order valence-electron chi connectivity index (χ4n) is 2.95. The molecule has 4 N–H and O–H groups in total. The molecule has 162 valence electrons. The first-order valence-corrected chi connectivity index (χ1v) is 10.2.